The van der Waals surface area contributed by atoms with Crippen LogP contribution >= 0.6 is 11.3 Å². The molecule has 5 aromatic rings. The lowest BCUT2D eigenvalue weighted by Gasteiger charge is -2.01. The molecule has 0 spiro atoms. The standard InChI is InChI=1S/C27H17N3O3S/c1-17-6-10-23(25(12-17)30(31)32)26-11-9-22(33-26)14-21(15-28)27-29-24(16-34-27)20-8-7-18-4-2-3-5-19(18)13-20/h2-14,16H,1H3. The van der Waals surface area contributed by atoms with Gasteiger partial charge in [0.15, 0.2) is 0 Å². The maximum absolute atomic E-state index is 11.5. The fourth-order valence-electron chi connectivity index (χ4n) is 3.74. The van der Waals surface area contributed by atoms with Gasteiger partial charge in [0.05, 0.1) is 21.8 Å². The molecule has 0 saturated carbocycles. The van der Waals surface area contributed by atoms with Crippen LogP contribution in [0.1, 0.15) is 16.3 Å². The van der Waals surface area contributed by atoms with Gasteiger partial charge in [0.1, 0.15) is 22.6 Å². The number of allylic oxidation sites excluding steroid dienone is 1. The van der Waals surface area contributed by atoms with Crippen molar-refractivity contribution in [3.05, 3.63) is 105 Å². The largest absolute Gasteiger partial charge is 0.456 e. The van der Waals surface area contributed by atoms with E-state index in [1.807, 2.05) is 23.6 Å². The first kappa shape index (κ1) is 21.3. The number of aryl methyl sites for hydroxylation is 1. The zero-order valence-electron chi connectivity index (χ0n) is 18.1. The number of furan rings is 1. The SMILES string of the molecule is Cc1ccc(-c2ccc(C=C(C#N)c3nc(-c4ccc5ccccc5c4)cs3)o2)c([N+](=O)[O-])c1. The molecule has 0 aliphatic carbocycles. The van der Waals surface area contributed by atoms with Crippen LogP contribution in [0.15, 0.2) is 82.6 Å². The second-order valence-corrected chi connectivity index (χ2v) is 8.61. The van der Waals surface area contributed by atoms with Crippen LogP contribution in [-0.4, -0.2) is 9.91 Å². The Morgan fingerprint density at radius 1 is 1.09 bits per heavy atom. The van der Waals surface area contributed by atoms with Crippen LogP contribution in [0.5, 0.6) is 0 Å². The first-order valence-corrected chi connectivity index (χ1v) is 11.3. The Hall–Kier alpha value is -4.54. The number of fused-ring (bicyclic) bond motifs is 1. The van der Waals surface area contributed by atoms with Gasteiger partial charge in [0, 0.05) is 23.1 Å². The quantitative estimate of drug-likeness (QED) is 0.153. The Kier molecular flexibility index (Phi) is 5.50. The molecule has 5 rings (SSSR count). The summed E-state index contributed by atoms with van der Waals surface area (Å²) in [5.74, 6) is 0.787. The molecule has 0 aliphatic heterocycles. The Morgan fingerprint density at radius 2 is 1.91 bits per heavy atom. The summed E-state index contributed by atoms with van der Waals surface area (Å²) < 4.78 is 5.84. The number of benzene rings is 3. The number of rotatable bonds is 5. The molecule has 0 atom stereocenters. The maximum atomic E-state index is 11.5. The van der Waals surface area contributed by atoms with E-state index >= 15 is 0 Å². The molecule has 0 amide bonds. The minimum absolute atomic E-state index is 0.0228. The summed E-state index contributed by atoms with van der Waals surface area (Å²) in [6.45, 7) is 1.80. The van der Waals surface area contributed by atoms with Crippen molar-refractivity contribution in [2.75, 3.05) is 0 Å². The summed E-state index contributed by atoms with van der Waals surface area (Å²) in [5.41, 5.74) is 3.29. The molecule has 2 heterocycles. The van der Waals surface area contributed by atoms with E-state index in [-0.39, 0.29) is 5.69 Å². The zero-order valence-corrected chi connectivity index (χ0v) is 18.9. The summed E-state index contributed by atoms with van der Waals surface area (Å²) in [6.07, 6.45) is 1.60. The number of aromatic nitrogens is 1. The molecule has 6 nitrogen and oxygen atoms in total. The van der Waals surface area contributed by atoms with Crippen molar-refractivity contribution in [3.63, 3.8) is 0 Å². The van der Waals surface area contributed by atoms with Gasteiger partial charge in [-0.3, -0.25) is 10.1 Å². The monoisotopic (exact) mass is 463 g/mol. The van der Waals surface area contributed by atoms with Gasteiger partial charge in [0.25, 0.3) is 5.69 Å². The first-order valence-electron chi connectivity index (χ1n) is 10.4. The molecule has 0 unspecified atom stereocenters. The molecule has 2 aromatic heterocycles. The van der Waals surface area contributed by atoms with Gasteiger partial charge in [-0.05, 0) is 47.5 Å². The normalized spacial score (nSPS) is 11.5. The van der Waals surface area contributed by atoms with E-state index in [2.05, 4.69) is 35.3 Å². The second-order valence-electron chi connectivity index (χ2n) is 7.75. The predicted molar refractivity (Wildman–Crippen MR) is 134 cm³/mol. The van der Waals surface area contributed by atoms with Gasteiger partial charge >= 0.3 is 0 Å². The number of nitro benzene ring substituents is 1. The van der Waals surface area contributed by atoms with Gasteiger partial charge in [-0.25, -0.2) is 4.98 Å². The van der Waals surface area contributed by atoms with Crippen molar-refractivity contribution in [3.8, 4) is 28.7 Å². The lowest BCUT2D eigenvalue weighted by molar-refractivity contribution is -0.384. The highest BCUT2D eigenvalue weighted by Gasteiger charge is 2.18. The molecule has 0 radical (unpaired) electrons. The summed E-state index contributed by atoms with van der Waals surface area (Å²) in [6, 6.07) is 24.8. The molecule has 0 aliphatic rings. The number of nitro groups is 1. The molecular formula is C27H17N3O3S. The molecule has 7 heteroatoms. The highest BCUT2D eigenvalue weighted by molar-refractivity contribution is 7.11. The number of hydrogen-bond donors (Lipinski definition) is 0. The lowest BCUT2D eigenvalue weighted by Crippen LogP contribution is -1.92. The summed E-state index contributed by atoms with van der Waals surface area (Å²) in [7, 11) is 0. The van der Waals surface area contributed by atoms with Crippen LogP contribution in [-0.2, 0) is 0 Å². The van der Waals surface area contributed by atoms with Crippen molar-refractivity contribution in [1.29, 1.82) is 5.26 Å². The Balaban J connectivity index is 1.46. The summed E-state index contributed by atoms with van der Waals surface area (Å²) >= 11 is 1.38. The third kappa shape index (κ3) is 4.10. The van der Waals surface area contributed by atoms with E-state index in [0.29, 0.717) is 27.7 Å². The summed E-state index contributed by atoms with van der Waals surface area (Å²) in [5, 5.41) is 26.0. The maximum Gasteiger partial charge on any atom is 0.280 e. The fraction of sp³-hybridized carbons (Fsp3) is 0.0370. The van der Waals surface area contributed by atoms with Gasteiger partial charge in [-0.2, -0.15) is 5.26 Å². The summed E-state index contributed by atoms with van der Waals surface area (Å²) in [4.78, 5) is 15.7. The van der Waals surface area contributed by atoms with E-state index in [4.69, 9.17) is 4.42 Å². The van der Waals surface area contributed by atoms with E-state index < -0.39 is 4.92 Å². The van der Waals surface area contributed by atoms with Crippen LogP contribution in [0.3, 0.4) is 0 Å². The fourth-order valence-corrected chi connectivity index (χ4v) is 4.53. The topological polar surface area (TPSA) is 93.0 Å². The molecule has 164 valence electrons. The van der Waals surface area contributed by atoms with Crippen molar-refractivity contribution in [1.82, 2.24) is 4.98 Å². The van der Waals surface area contributed by atoms with E-state index in [0.717, 1.165) is 27.6 Å². The van der Waals surface area contributed by atoms with E-state index in [1.54, 1.807) is 37.3 Å². The number of hydrogen-bond acceptors (Lipinski definition) is 6. The van der Waals surface area contributed by atoms with Crippen LogP contribution < -0.4 is 0 Å². The highest BCUT2D eigenvalue weighted by atomic mass is 32.1. The molecular weight excluding hydrogens is 446 g/mol. The molecule has 0 saturated heterocycles. The average molecular weight is 464 g/mol. The van der Waals surface area contributed by atoms with Crippen molar-refractivity contribution < 1.29 is 9.34 Å². The minimum Gasteiger partial charge on any atom is -0.456 e. The van der Waals surface area contributed by atoms with Crippen molar-refractivity contribution in [2.24, 2.45) is 0 Å². The van der Waals surface area contributed by atoms with Crippen LogP contribution in [0.2, 0.25) is 0 Å². The van der Waals surface area contributed by atoms with Gasteiger partial charge in [0.2, 0.25) is 0 Å². The van der Waals surface area contributed by atoms with Gasteiger partial charge < -0.3 is 4.42 Å². The second kappa shape index (κ2) is 8.77. The highest BCUT2D eigenvalue weighted by Crippen LogP contribution is 2.34. The minimum atomic E-state index is -0.426. The van der Waals surface area contributed by atoms with Gasteiger partial charge in [-0.1, -0.05) is 42.5 Å². The number of thiazole rings is 1. The van der Waals surface area contributed by atoms with Crippen LogP contribution in [0.25, 0.3) is 45.0 Å². The Labute approximate surface area is 199 Å². The number of nitriles is 1. The third-order valence-electron chi connectivity index (χ3n) is 5.43. The third-order valence-corrected chi connectivity index (χ3v) is 6.30. The number of nitrogens with zero attached hydrogens (tertiary/aromatic N) is 3. The zero-order chi connectivity index (χ0) is 23.7. The smallest absolute Gasteiger partial charge is 0.280 e. The van der Waals surface area contributed by atoms with E-state index in [1.165, 1.54) is 17.4 Å². The lowest BCUT2D eigenvalue weighted by atomic mass is 10.1. The van der Waals surface area contributed by atoms with Crippen LogP contribution in [0.4, 0.5) is 5.69 Å². The molecule has 0 bridgehead atoms. The Bertz CT molecular complexity index is 1620. The Morgan fingerprint density at radius 3 is 2.71 bits per heavy atom. The molecule has 0 N–H and O–H groups in total. The van der Waals surface area contributed by atoms with Crippen molar-refractivity contribution in [2.45, 2.75) is 6.92 Å². The average Bonchev–Trinajstić information content (AvgIpc) is 3.52. The predicted octanol–water partition coefficient (Wildman–Crippen LogP) is 7.50. The molecule has 3 aromatic carbocycles. The van der Waals surface area contributed by atoms with Gasteiger partial charge in [-0.15, -0.1) is 11.3 Å². The van der Waals surface area contributed by atoms with Crippen LogP contribution in [0, 0.1) is 28.4 Å². The van der Waals surface area contributed by atoms with E-state index in [9.17, 15) is 15.4 Å². The molecule has 0 fully saturated rings. The first-order chi connectivity index (χ1) is 16.5. The molecule has 34 heavy (non-hydrogen) atoms. The van der Waals surface area contributed by atoms with Crippen molar-refractivity contribution >= 4 is 39.4 Å².